The summed E-state index contributed by atoms with van der Waals surface area (Å²) in [7, 11) is 1.91. The number of aromatic nitrogens is 4. The molecule has 3 heterocycles. The molecule has 26 heavy (non-hydrogen) atoms. The smallest absolute Gasteiger partial charge is 0.270 e. The third-order valence-corrected chi connectivity index (χ3v) is 5.08. The summed E-state index contributed by atoms with van der Waals surface area (Å²) in [6, 6.07) is 14.1. The zero-order valence-electron chi connectivity index (χ0n) is 15.0. The average Bonchev–Trinajstić information content (AvgIpc) is 3.31. The molecule has 0 N–H and O–H groups in total. The summed E-state index contributed by atoms with van der Waals surface area (Å²) in [6.07, 6.45) is 5.72. The highest BCUT2D eigenvalue weighted by Gasteiger charge is 2.29. The second kappa shape index (κ2) is 7.15. The minimum Gasteiger partial charge on any atom is -0.347 e. The van der Waals surface area contributed by atoms with Gasteiger partial charge in [-0.05, 0) is 30.5 Å². The normalized spacial score (nSPS) is 17.4. The van der Waals surface area contributed by atoms with Gasteiger partial charge in [-0.3, -0.25) is 4.79 Å². The van der Waals surface area contributed by atoms with E-state index in [2.05, 4.69) is 26.9 Å². The molecule has 2 aromatic heterocycles. The summed E-state index contributed by atoms with van der Waals surface area (Å²) in [6.45, 7) is 2.25. The number of rotatable bonds is 4. The standard InChI is InChI=1S/C20H23N5O/c1-23-11-6-10-18(23)20(26)24-12-5-9-17(14-24)19-22-21-15-25(19)13-16-7-3-2-4-8-16/h2-4,6-8,10-11,15,17H,5,9,12-14H2,1H3/t17-/m1/s1. The zero-order valence-corrected chi connectivity index (χ0v) is 15.0. The summed E-state index contributed by atoms with van der Waals surface area (Å²) >= 11 is 0. The maximum absolute atomic E-state index is 12.8. The lowest BCUT2D eigenvalue weighted by atomic mass is 9.96. The van der Waals surface area contributed by atoms with Crippen LogP contribution in [0.15, 0.2) is 55.0 Å². The van der Waals surface area contributed by atoms with Crippen LogP contribution < -0.4 is 0 Å². The Bertz CT molecular complexity index is 883. The first-order chi connectivity index (χ1) is 12.7. The molecule has 1 aliphatic heterocycles. The van der Waals surface area contributed by atoms with Gasteiger partial charge in [-0.1, -0.05) is 30.3 Å². The van der Waals surface area contributed by atoms with Crippen molar-refractivity contribution in [3.8, 4) is 0 Å². The molecule has 0 aliphatic carbocycles. The van der Waals surface area contributed by atoms with Gasteiger partial charge >= 0.3 is 0 Å². The van der Waals surface area contributed by atoms with Crippen molar-refractivity contribution in [1.82, 2.24) is 24.2 Å². The SMILES string of the molecule is Cn1cccc1C(=O)N1CCC[C@@H](c2nncn2Cc2ccccc2)C1. The maximum Gasteiger partial charge on any atom is 0.270 e. The van der Waals surface area contributed by atoms with Crippen LogP contribution in [0.5, 0.6) is 0 Å². The van der Waals surface area contributed by atoms with E-state index in [0.717, 1.165) is 37.4 Å². The van der Waals surface area contributed by atoms with E-state index in [-0.39, 0.29) is 11.8 Å². The van der Waals surface area contributed by atoms with Crippen molar-refractivity contribution in [2.24, 2.45) is 7.05 Å². The van der Waals surface area contributed by atoms with E-state index < -0.39 is 0 Å². The number of likely N-dealkylation sites (tertiary alicyclic amines) is 1. The van der Waals surface area contributed by atoms with Crippen LogP contribution in [-0.2, 0) is 13.6 Å². The third-order valence-electron chi connectivity index (χ3n) is 5.08. The number of amides is 1. The van der Waals surface area contributed by atoms with E-state index >= 15 is 0 Å². The predicted octanol–water partition coefficient (Wildman–Crippen LogP) is 2.68. The molecular weight excluding hydrogens is 326 g/mol. The fourth-order valence-corrected chi connectivity index (χ4v) is 3.70. The van der Waals surface area contributed by atoms with Crippen molar-refractivity contribution in [1.29, 1.82) is 0 Å². The molecule has 134 valence electrons. The summed E-state index contributed by atoms with van der Waals surface area (Å²) in [4.78, 5) is 14.8. The number of carbonyl (C=O) groups is 1. The minimum absolute atomic E-state index is 0.0938. The van der Waals surface area contributed by atoms with Gasteiger partial charge in [0.25, 0.3) is 5.91 Å². The van der Waals surface area contributed by atoms with Crippen molar-refractivity contribution in [3.05, 3.63) is 72.1 Å². The van der Waals surface area contributed by atoms with Crippen molar-refractivity contribution in [2.45, 2.75) is 25.3 Å². The number of nitrogens with zero attached hydrogens (tertiary/aromatic N) is 5. The van der Waals surface area contributed by atoms with Crippen molar-refractivity contribution in [3.63, 3.8) is 0 Å². The Labute approximate surface area is 153 Å². The van der Waals surface area contributed by atoms with Crippen LogP contribution >= 0.6 is 0 Å². The van der Waals surface area contributed by atoms with E-state index in [0.29, 0.717) is 6.54 Å². The number of carbonyl (C=O) groups excluding carboxylic acids is 1. The molecule has 1 amide bonds. The van der Waals surface area contributed by atoms with Gasteiger partial charge in [0.05, 0.1) is 6.54 Å². The number of hydrogen-bond acceptors (Lipinski definition) is 3. The topological polar surface area (TPSA) is 56.0 Å². The lowest BCUT2D eigenvalue weighted by Gasteiger charge is -2.32. The molecule has 4 rings (SSSR count). The number of piperidine rings is 1. The molecule has 0 spiro atoms. The highest BCUT2D eigenvalue weighted by atomic mass is 16.2. The van der Waals surface area contributed by atoms with Crippen molar-refractivity contribution < 1.29 is 4.79 Å². The lowest BCUT2D eigenvalue weighted by molar-refractivity contribution is 0.0693. The molecule has 0 radical (unpaired) electrons. The largest absolute Gasteiger partial charge is 0.347 e. The first-order valence-electron chi connectivity index (χ1n) is 9.04. The van der Waals surface area contributed by atoms with Gasteiger partial charge in [0.2, 0.25) is 0 Å². The summed E-state index contributed by atoms with van der Waals surface area (Å²) in [5.74, 6) is 1.29. The van der Waals surface area contributed by atoms with Gasteiger partial charge in [-0.2, -0.15) is 0 Å². The Morgan fingerprint density at radius 1 is 1.19 bits per heavy atom. The summed E-state index contributed by atoms with van der Waals surface area (Å²) < 4.78 is 3.99. The molecule has 0 bridgehead atoms. The Hall–Kier alpha value is -2.89. The van der Waals surface area contributed by atoms with E-state index in [4.69, 9.17) is 0 Å². The summed E-state index contributed by atoms with van der Waals surface area (Å²) in [5, 5.41) is 8.51. The maximum atomic E-state index is 12.8. The summed E-state index contributed by atoms with van der Waals surface area (Å²) in [5.41, 5.74) is 1.96. The lowest BCUT2D eigenvalue weighted by Crippen LogP contribution is -2.40. The van der Waals surface area contributed by atoms with E-state index in [1.54, 1.807) is 6.33 Å². The predicted molar refractivity (Wildman–Crippen MR) is 98.9 cm³/mol. The molecule has 6 heteroatoms. The van der Waals surface area contributed by atoms with Gasteiger partial charge in [0.15, 0.2) is 0 Å². The Morgan fingerprint density at radius 3 is 2.81 bits per heavy atom. The van der Waals surface area contributed by atoms with Crippen LogP contribution in [0, 0.1) is 0 Å². The molecule has 1 aromatic carbocycles. The van der Waals surface area contributed by atoms with E-state index in [1.165, 1.54) is 5.56 Å². The Balaban J connectivity index is 1.51. The number of benzene rings is 1. The third kappa shape index (κ3) is 3.27. The highest BCUT2D eigenvalue weighted by Crippen LogP contribution is 2.27. The highest BCUT2D eigenvalue weighted by molar-refractivity contribution is 5.92. The molecule has 0 saturated carbocycles. The van der Waals surface area contributed by atoms with E-state index in [1.807, 2.05) is 53.0 Å². The first-order valence-corrected chi connectivity index (χ1v) is 9.04. The van der Waals surface area contributed by atoms with Gasteiger partial charge < -0.3 is 14.0 Å². The molecule has 1 aliphatic rings. The molecule has 1 saturated heterocycles. The second-order valence-corrected chi connectivity index (χ2v) is 6.90. The van der Waals surface area contributed by atoms with Crippen molar-refractivity contribution in [2.75, 3.05) is 13.1 Å². The molecule has 6 nitrogen and oxygen atoms in total. The molecule has 1 atom stereocenters. The fraction of sp³-hybridized carbons (Fsp3) is 0.350. The monoisotopic (exact) mass is 349 g/mol. The van der Waals surface area contributed by atoms with Crippen LogP contribution in [0.2, 0.25) is 0 Å². The van der Waals surface area contributed by atoms with Gasteiger partial charge in [0, 0.05) is 32.3 Å². The average molecular weight is 349 g/mol. The molecule has 1 fully saturated rings. The Kier molecular flexibility index (Phi) is 4.56. The Morgan fingerprint density at radius 2 is 2.04 bits per heavy atom. The van der Waals surface area contributed by atoms with Crippen LogP contribution in [0.3, 0.4) is 0 Å². The van der Waals surface area contributed by atoms with Gasteiger partial charge in [-0.15, -0.1) is 10.2 Å². The quantitative estimate of drug-likeness (QED) is 0.728. The molecule has 0 unspecified atom stereocenters. The van der Waals surface area contributed by atoms with Crippen molar-refractivity contribution >= 4 is 5.91 Å². The minimum atomic E-state index is 0.0938. The van der Waals surface area contributed by atoms with Gasteiger partial charge in [0.1, 0.15) is 17.8 Å². The second-order valence-electron chi connectivity index (χ2n) is 6.90. The zero-order chi connectivity index (χ0) is 17.9. The number of hydrogen-bond donors (Lipinski definition) is 0. The van der Waals surface area contributed by atoms with Gasteiger partial charge in [-0.25, -0.2) is 0 Å². The van der Waals surface area contributed by atoms with Crippen LogP contribution in [0.4, 0.5) is 0 Å². The fourth-order valence-electron chi connectivity index (χ4n) is 3.70. The van der Waals surface area contributed by atoms with Crippen LogP contribution in [0.1, 0.15) is 40.6 Å². The van der Waals surface area contributed by atoms with Crippen LogP contribution in [-0.4, -0.2) is 43.2 Å². The first kappa shape index (κ1) is 16.6. The number of aryl methyl sites for hydroxylation is 1. The van der Waals surface area contributed by atoms with Crippen LogP contribution in [0.25, 0.3) is 0 Å². The van der Waals surface area contributed by atoms with E-state index in [9.17, 15) is 4.79 Å². The molecule has 3 aromatic rings. The molecular formula is C20H23N5O.